The van der Waals surface area contributed by atoms with Gasteiger partial charge in [0.1, 0.15) is 0 Å². The van der Waals surface area contributed by atoms with Crippen LogP contribution in [0.15, 0.2) is 60.9 Å². The lowest BCUT2D eigenvalue weighted by molar-refractivity contribution is 0.0697. The van der Waals surface area contributed by atoms with Crippen molar-refractivity contribution in [1.82, 2.24) is 14.5 Å². The summed E-state index contributed by atoms with van der Waals surface area (Å²) in [6.07, 6.45) is 5.35. The van der Waals surface area contributed by atoms with Gasteiger partial charge in [0.2, 0.25) is 0 Å². The van der Waals surface area contributed by atoms with Gasteiger partial charge in [-0.15, -0.1) is 0 Å². The van der Waals surface area contributed by atoms with Crippen molar-refractivity contribution in [2.24, 2.45) is 0 Å². The smallest absolute Gasteiger partial charge is 0.336 e. The number of carboxylic acid groups (broad SMARTS) is 1. The summed E-state index contributed by atoms with van der Waals surface area (Å²) < 4.78 is 2.12. The molecule has 1 N–H and O–H groups in total. The van der Waals surface area contributed by atoms with E-state index in [0.717, 1.165) is 36.5 Å². The molecule has 5 nitrogen and oxygen atoms in total. The Morgan fingerprint density at radius 3 is 2.61 bits per heavy atom. The molecule has 2 heterocycles. The SMILES string of the molecule is CN1CCC[C@@H]1CCn1cnc(-c2ccccc2)c1-c1ccccc1C(=O)O. The minimum Gasteiger partial charge on any atom is -0.478 e. The standard InChI is InChI=1S/C23H25N3O2/c1-25-14-7-10-18(25)13-15-26-16-24-21(17-8-3-2-4-9-17)22(26)19-11-5-6-12-20(19)23(27)28/h2-6,8-9,11-12,16,18H,7,10,13-15H2,1H3,(H,27,28)/t18-/m1/s1. The number of carbonyl (C=O) groups is 1. The summed E-state index contributed by atoms with van der Waals surface area (Å²) in [4.78, 5) is 19.0. The molecule has 1 aliphatic rings. The number of aromatic carboxylic acids is 1. The van der Waals surface area contributed by atoms with Gasteiger partial charge in [0.15, 0.2) is 0 Å². The van der Waals surface area contributed by atoms with Crippen LogP contribution in [0.5, 0.6) is 0 Å². The summed E-state index contributed by atoms with van der Waals surface area (Å²) in [5, 5.41) is 9.72. The van der Waals surface area contributed by atoms with Gasteiger partial charge in [0.05, 0.1) is 23.3 Å². The molecule has 0 spiro atoms. The molecule has 1 atom stereocenters. The van der Waals surface area contributed by atoms with Crippen LogP contribution < -0.4 is 0 Å². The number of aromatic nitrogens is 2. The van der Waals surface area contributed by atoms with Crippen molar-refractivity contribution in [2.45, 2.75) is 31.8 Å². The number of nitrogens with zero attached hydrogens (tertiary/aromatic N) is 3. The number of hydrogen-bond donors (Lipinski definition) is 1. The van der Waals surface area contributed by atoms with Crippen LogP contribution in [0.25, 0.3) is 22.5 Å². The highest BCUT2D eigenvalue weighted by Crippen LogP contribution is 2.34. The van der Waals surface area contributed by atoms with Gasteiger partial charge in [-0.2, -0.15) is 0 Å². The van der Waals surface area contributed by atoms with Gasteiger partial charge in [-0.1, -0.05) is 48.5 Å². The second-order valence-electron chi connectivity index (χ2n) is 7.42. The fraction of sp³-hybridized carbons (Fsp3) is 0.304. The van der Waals surface area contributed by atoms with Crippen molar-refractivity contribution in [3.63, 3.8) is 0 Å². The second-order valence-corrected chi connectivity index (χ2v) is 7.42. The average molecular weight is 375 g/mol. The maximum Gasteiger partial charge on any atom is 0.336 e. The number of hydrogen-bond acceptors (Lipinski definition) is 3. The van der Waals surface area contributed by atoms with E-state index in [1.54, 1.807) is 12.1 Å². The molecule has 28 heavy (non-hydrogen) atoms. The molecule has 0 amide bonds. The van der Waals surface area contributed by atoms with Crippen LogP contribution in [0.2, 0.25) is 0 Å². The summed E-state index contributed by atoms with van der Waals surface area (Å²) >= 11 is 0. The first-order chi connectivity index (χ1) is 13.6. The number of aryl methyl sites for hydroxylation is 1. The van der Waals surface area contributed by atoms with E-state index in [1.165, 1.54) is 12.8 Å². The molecule has 1 saturated heterocycles. The van der Waals surface area contributed by atoms with Crippen molar-refractivity contribution >= 4 is 5.97 Å². The molecule has 0 unspecified atom stereocenters. The zero-order valence-electron chi connectivity index (χ0n) is 16.1. The van der Waals surface area contributed by atoms with E-state index in [-0.39, 0.29) is 0 Å². The number of likely N-dealkylation sites (tertiary alicyclic amines) is 1. The highest BCUT2D eigenvalue weighted by atomic mass is 16.4. The van der Waals surface area contributed by atoms with Gasteiger partial charge in [-0.3, -0.25) is 0 Å². The summed E-state index contributed by atoms with van der Waals surface area (Å²) in [6, 6.07) is 17.7. The van der Waals surface area contributed by atoms with Crippen molar-refractivity contribution in [3.8, 4) is 22.5 Å². The first-order valence-corrected chi connectivity index (χ1v) is 9.78. The van der Waals surface area contributed by atoms with Crippen LogP contribution >= 0.6 is 0 Å². The van der Waals surface area contributed by atoms with E-state index in [1.807, 2.05) is 48.8 Å². The lowest BCUT2D eigenvalue weighted by atomic mass is 9.99. The maximum atomic E-state index is 11.8. The average Bonchev–Trinajstić information content (AvgIpc) is 3.32. The first kappa shape index (κ1) is 18.4. The van der Waals surface area contributed by atoms with E-state index in [4.69, 9.17) is 0 Å². The van der Waals surface area contributed by atoms with E-state index in [0.29, 0.717) is 17.2 Å². The van der Waals surface area contributed by atoms with E-state index < -0.39 is 5.97 Å². The fourth-order valence-electron chi connectivity index (χ4n) is 4.15. The van der Waals surface area contributed by atoms with Gasteiger partial charge in [-0.25, -0.2) is 9.78 Å². The molecule has 2 aromatic carbocycles. The van der Waals surface area contributed by atoms with Gasteiger partial charge < -0.3 is 14.6 Å². The van der Waals surface area contributed by atoms with Crippen molar-refractivity contribution in [3.05, 3.63) is 66.5 Å². The van der Waals surface area contributed by atoms with Crippen LogP contribution in [-0.2, 0) is 6.54 Å². The number of rotatable bonds is 6. The van der Waals surface area contributed by atoms with Gasteiger partial charge in [0, 0.05) is 23.7 Å². The highest BCUT2D eigenvalue weighted by Gasteiger charge is 2.23. The second kappa shape index (κ2) is 7.98. The molecule has 3 aromatic rings. The molecule has 0 bridgehead atoms. The lowest BCUT2D eigenvalue weighted by Crippen LogP contribution is -2.26. The third-order valence-corrected chi connectivity index (χ3v) is 5.67. The molecule has 0 saturated carbocycles. The highest BCUT2D eigenvalue weighted by molar-refractivity contribution is 5.97. The fourth-order valence-corrected chi connectivity index (χ4v) is 4.15. The monoisotopic (exact) mass is 375 g/mol. The molecule has 1 fully saturated rings. The van der Waals surface area contributed by atoms with Crippen LogP contribution in [-0.4, -0.2) is 45.2 Å². The van der Waals surface area contributed by atoms with E-state index in [9.17, 15) is 9.90 Å². The zero-order valence-corrected chi connectivity index (χ0v) is 16.1. The lowest BCUT2D eigenvalue weighted by Gasteiger charge is -2.20. The zero-order chi connectivity index (χ0) is 19.5. The predicted octanol–water partition coefficient (Wildman–Crippen LogP) is 4.40. The normalized spacial score (nSPS) is 17.1. The Morgan fingerprint density at radius 2 is 1.89 bits per heavy atom. The predicted molar refractivity (Wildman–Crippen MR) is 110 cm³/mol. The quantitative estimate of drug-likeness (QED) is 0.694. The topological polar surface area (TPSA) is 58.4 Å². The Bertz CT molecular complexity index is 965. The molecular weight excluding hydrogens is 350 g/mol. The summed E-state index contributed by atoms with van der Waals surface area (Å²) in [5.41, 5.74) is 3.72. The summed E-state index contributed by atoms with van der Waals surface area (Å²) in [7, 11) is 2.18. The Balaban J connectivity index is 1.77. The Morgan fingerprint density at radius 1 is 1.14 bits per heavy atom. The van der Waals surface area contributed by atoms with Gasteiger partial charge in [-0.05, 0) is 38.9 Å². The largest absolute Gasteiger partial charge is 0.478 e. The third-order valence-electron chi connectivity index (χ3n) is 5.67. The number of imidazole rings is 1. The number of carboxylic acids is 1. The van der Waals surface area contributed by atoms with Gasteiger partial charge in [0.25, 0.3) is 0 Å². The number of benzene rings is 2. The third kappa shape index (κ3) is 3.58. The molecule has 1 aliphatic heterocycles. The Hall–Kier alpha value is -2.92. The maximum absolute atomic E-state index is 11.8. The minimum absolute atomic E-state index is 0.305. The summed E-state index contributed by atoms with van der Waals surface area (Å²) in [5.74, 6) is -0.919. The molecule has 0 aliphatic carbocycles. The van der Waals surface area contributed by atoms with Crippen LogP contribution in [0, 0.1) is 0 Å². The van der Waals surface area contributed by atoms with E-state index >= 15 is 0 Å². The first-order valence-electron chi connectivity index (χ1n) is 9.78. The van der Waals surface area contributed by atoms with Crippen molar-refractivity contribution < 1.29 is 9.90 Å². The van der Waals surface area contributed by atoms with Crippen LogP contribution in [0.1, 0.15) is 29.6 Å². The van der Waals surface area contributed by atoms with Crippen molar-refractivity contribution in [1.29, 1.82) is 0 Å². The molecule has 5 heteroatoms. The Labute approximate surface area is 165 Å². The summed E-state index contributed by atoms with van der Waals surface area (Å²) in [6.45, 7) is 1.97. The minimum atomic E-state index is -0.919. The Kier molecular flexibility index (Phi) is 5.26. The van der Waals surface area contributed by atoms with Crippen LogP contribution in [0.4, 0.5) is 0 Å². The van der Waals surface area contributed by atoms with Gasteiger partial charge >= 0.3 is 5.97 Å². The molecule has 4 rings (SSSR count). The van der Waals surface area contributed by atoms with Crippen LogP contribution in [0.3, 0.4) is 0 Å². The van der Waals surface area contributed by atoms with Crippen molar-refractivity contribution in [2.75, 3.05) is 13.6 Å². The molecule has 0 radical (unpaired) electrons. The molecule has 144 valence electrons. The van der Waals surface area contributed by atoms with E-state index in [2.05, 4.69) is 21.5 Å². The molecule has 1 aromatic heterocycles. The molecular formula is C23H25N3O2.